The van der Waals surface area contributed by atoms with Gasteiger partial charge in [0.1, 0.15) is 6.10 Å². The van der Waals surface area contributed by atoms with E-state index >= 15 is 0 Å². The Morgan fingerprint density at radius 2 is 1.47 bits per heavy atom. The van der Waals surface area contributed by atoms with E-state index in [4.69, 9.17) is 9.84 Å². The van der Waals surface area contributed by atoms with Crippen molar-refractivity contribution in [3.8, 4) is 0 Å². The fourth-order valence-electron chi connectivity index (χ4n) is 6.96. The molecule has 0 atom stereocenters. The van der Waals surface area contributed by atoms with Crippen LogP contribution in [0.5, 0.6) is 0 Å². The highest BCUT2D eigenvalue weighted by Crippen LogP contribution is 2.54. The Bertz CT molecular complexity index is 973. The average molecular weight is 468 g/mol. The maximum Gasteiger partial charge on any atom is 0.338 e. The molecular weight excluding hydrogens is 434 g/mol. The first-order valence-electron chi connectivity index (χ1n) is 12.8. The van der Waals surface area contributed by atoms with Gasteiger partial charge in [-0.2, -0.15) is 0 Å². The van der Waals surface area contributed by atoms with Gasteiger partial charge in [-0.05, 0) is 86.8 Å². The van der Waals surface area contributed by atoms with Crippen LogP contribution in [0.3, 0.4) is 0 Å². The summed E-state index contributed by atoms with van der Waals surface area (Å²) < 4.78 is 6.00. The van der Waals surface area contributed by atoms with Gasteiger partial charge in [0.25, 0.3) is 11.8 Å². The van der Waals surface area contributed by atoms with E-state index in [1.165, 1.54) is 17.4 Å². The van der Waals surface area contributed by atoms with Gasteiger partial charge < -0.3 is 9.84 Å². The van der Waals surface area contributed by atoms with Crippen molar-refractivity contribution in [2.75, 3.05) is 6.54 Å². The summed E-state index contributed by atoms with van der Waals surface area (Å²) in [6, 6.07) is 4.71. The lowest BCUT2D eigenvalue weighted by atomic mass is 9.55. The van der Waals surface area contributed by atoms with Crippen LogP contribution >= 0.6 is 0 Å². The molecule has 4 saturated carbocycles. The second-order valence-corrected chi connectivity index (χ2v) is 10.7. The van der Waals surface area contributed by atoms with Crippen LogP contribution in [0.1, 0.15) is 102 Å². The SMILES string of the molecule is O=C(O)CCCCCCCN1C(=O)c2ccc(C(=O)OC3C4CC5CC(C4)CC3C5)cc2C1=O. The van der Waals surface area contributed by atoms with E-state index in [9.17, 15) is 19.2 Å². The summed E-state index contributed by atoms with van der Waals surface area (Å²) in [5.74, 6) is 0.707. The van der Waals surface area contributed by atoms with Gasteiger partial charge in [0.2, 0.25) is 0 Å². The zero-order valence-electron chi connectivity index (χ0n) is 19.5. The minimum atomic E-state index is -0.785. The van der Waals surface area contributed by atoms with Crippen molar-refractivity contribution in [1.82, 2.24) is 4.90 Å². The van der Waals surface area contributed by atoms with Gasteiger partial charge in [0.15, 0.2) is 0 Å². The van der Waals surface area contributed by atoms with Crippen LogP contribution in [0.2, 0.25) is 0 Å². The number of hydrogen-bond donors (Lipinski definition) is 1. The second kappa shape index (κ2) is 9.51. The molecule has 4 bridgehead atoms. The number of aliphatic carboxylic acids is 1. The van der Waals surface area contributed by atoms with E-state index in [-0.39, 0.29) is 35.9 Å². The maximum atomic E-state index is 13.0. The Morgan fingerprint density at radius 3 is 2.15 bits per heavy atom. The molecule has 0 aromatic heterocycles. The van der Waals surface area contributed by atoms with E-state index in [1.54, 1.807) is 12.1 Å². The summed E-state index contributed by atoms with van der Waals surface area (Å²) in [7, 11) is 0. The van der Waals surface area contributed by atoms with Gasteiger partial charge >= 0.3 is 11.9 Å². The average Bonchev–Trinajstić information content (AvgIpc) is 3.04. The summed E-state index contributed by atoms with van der Waals surface area (Å²) in [6.07, 6.45) is 10.0. The number of benzene rings is 1. The fraction of sp³-hybridized carbons (Fsp3) is 0.630. The second-order valence-electron chi connectivity index (χ2n) is 10.7. The highest BCUT2D eigenvalue weighted by atomic mass is 16.5. The third-order valence-electron chi connectivity index (χ3n) is 8.36. The van der Waals surface area contributed by atoms with Crippen LogP contribution in [-0.2, 0) is 9.53 Å². The number of carbonyl (C=O) groups is 4. The van der Waals surface area contributed by atoms with Crippen LogP contribution in [0, 0.1) is 23.7 Å². The molecule has 34 heavy (non-hydrogen) atoms. The van der Waals surface area contributed by atoms with Gasteiger partial charge in [-0.25, -0.2) is 4.79 Å². The molecule has 6 rings (SSSR count). The van der Waals surface area contributed by atoms with Crippen molar-refractivity contribution in [3.63, 3.8) is 0 Å². The molecule has 0 spiro atoms. The van der Waals surface area contributed by atoms with Gasteiger partial charge in [-0.1, -0.05) is 19.3 Å². The fourth-order valence-corrected chi connectivity index (χ4v) is 6.96. The van der Waals surface area contributed by atoms with E-state index in [0.717, 1.165) is 56.8 Å². The molecule has 0 radical (unpaired) electrons. The minimum absolute atomic E-state index is 0.0158. The third kappa shape index (κ3) is 4.49. The minimum Gasteiger partial charge on any atom is -0.481 e. The molecule has 1 aromatic carbocycles. The summed E-state index contributed by atoms with van der Waals surface area (Å²) >= 11 is 0. The molecule has 0 unspecified atom stereocenters. The first kappa shape index (κ1) is 23.1. The number of imide groups is 1. The maximum absolute atomic E-state index is 13.0. The first-order valence-corrected chi connectivity index (χ1v) is 12.8. The monoisotopic (exact) mass is 467 g/mol. The molecule has 182 valence electrons. The summed E-state index contributed by atoms with van der Waals surface area (Å²) in [5, 5.41) is 8.68. The van der Waals surface area contributed by atoms with E-state index in [2.05, 4.69) is 0 Å². The number of amides is 2. The Morgan fingerprint density at radius 1 is 0.853 bits per heavy atom. The molecule has 4 fully saturated rings. The lowest BCUT2D eigenvalue weighted by Gasteiger charge is -2.53. The van der Waals surface area contributed by atoms with E-state index in [1.807, 2.05) is 0 Å². The number of unbranched alkanes of at least 4 members (excludes halogenated alkanes) is 4. The van der Waals surface area contributed by atoms with Crippen molar-refractivity contribution in [2.24, 2.45) is 23.7 Å². The Hall–Kier alpha value is -2.70. The van der Waals surface area contributed by atoms with E-state index in [0.29, 0.717) is 42.3 Å². The quantitative estimate of drug-likeness (QED) is 0.304. The predicted molar refractivity (Wildman–Crippen MR) is 123 cm³/mol. The van der Waals surface area contributed by atoms with Crippen molar-refractivity contribution in [2.45, 2.75) is 76.7 Å². The zero-order valence-corrected chi connectivity index (χ0v) is 19.5. The van der Waals surface area contributed by atoms with Crippen molar-refractivity contribution in [1.29, 1.82) is 0 Å². The lowest BCUT2D eigenvalue weighted by Crippen LogP contribution is -2.50. The largest absolute Gasteiger partial charge is 0.481 e. The summed E-state index contributed by atoms with van der Waals surface area (Å²) in [4.78, 5) is 50.4. The molecule has 5 aliphatic rings. The molecule has 7 nitrogen and oxygen atoms in total. The Labute approximate surface area is 199 Å². The number of nitrogens with zero attached hydrogens (tertiary/aromatic N) is 1. The van der Waals surface area contributed by atoms with Gasteiger partial charge in [0, 0.05) is 13.0 Å². The lowest BCUT2D eigenvalue weighted by molar-refractivity contribution is -0.137. The number of ether oxygens (including phenoxy) is 1. The van der Waals surface area contributed by atoms with Crippen LogP contribution in [0.4, 0.5) is 0 Å². The third-order valence-corrected chi connectivity index (χ3v) is 8.36. The number of rotatable bonds is 10. The molecule has 1 aromatic rings. The number of carboxylic acid groups (broad SMARTS) is 1. The molecular formula is C27H33NO6. The van der Waals surface area contributed by atoms with Crippen LogP contribution in [0.25, 0.3) is 0 Å². The Kier molecular flexibility index (Phi) is 6.45. The van der Waals surface area contributed by atoms with Crippen LogP contribution < -0.4 is 0 Å². The highest BCUT2D eigenvalue weighted by molar-refractivity contribution is 6.21. The number of esters is 1. The molecule has 2 amide bonds. The summed E-state index contributed by atoms with van der Waals surface area (Å²) in [5.41, 5.74) is 0.970. The van der Waals surface area contributed by atoms with Crippen LogP contribution in [0.15, 0.2) is 18.2 Å². The molecule has 4 aliphatic carbocycles. The van der Waals surface area contributed by atoms with E-state index < -0.39 is 5.97 Å². The topological polar surface area (TPSA) is 101 Å². The first-order chi connectivity index (χ1) is 16.4. The molecule has 1 N–H and O–H groups in total. The smallest absolute Gasteiger partial charge is 0.338 e. The molecule has 1 heterocycles. The number of fused-ring (bicyclic) bond motifs is 1. The highest BCUT2D eigenvalue weighted by Gasteiger charge is 2.50. The number of carboxylic acids is 1. The standard InChI is InChI=1S/C27H33NO6/c29-23(30)6-4-2-1-3-5-9-28-25(31)21-8-7-18(15-22(21)26(28)32)27(33)34-24-19-11-16-10-17(13-19)14-20(24)12-16/h7-8,15-17,19-20,24H,1-6,9-14H2,(H,29,30). The number of carbonyl (C=O) groups excluding carboxylic acids is 3. The van der Waals surface area contributed by atoms with Crippen molar-refractivity contribution >= 4 is 23.8 Å². The predicted octanol–water partition coefficient (Wildman–Crippen LogP) is 4.69. The van der Waals surface area contributed by atoms with Crippen LogP contribution in [-0.4, -0.2) is 46.4 Å². The van der Waals surface area contributed by atoms with Gasteiger partial charge in [-0.15, -0.1) is 0 Å². The zero-order chi connectivity index (χ0) is 23.8. The molecule has 0 saturated heterocycles. The van der Waals surface area contributed by atoms with Crippen molar-refractivity contribution in [3.05, 3.63) is 34.9 Å². The Balaban J connectivity index is 1.16. The summed E-state index contributed by atoms with van der Waals surface area (Å²) in [6.45, 7) is 0.332. The molecule has 1 aliphatic heterocycles. The number of hydrogen-bond acceptors (Lipinski definition) is 5. The molecule has 7 heteroatoms. The van der Waals surface area contributed by atoms with Crippen molar-refractivity contribution < 1.29 is 29.0 Å². The van der Waals surface area contributed by atoms with Gasteiger partial charge in [0.05, 0.1) is 16.7 Å². The van der Waals surface area contributed by atoms with Gasteiger partial charge in [-0.3, -0.25) is 19.3 Å². The normalized spacial score (nSPS) is 28.9.